The summed E-state index contributed by atoms with van der Waals surface area (Å²) in [5.74, 6) is -0.756. The monoisotopic (exact) mass is 268 g/mol. The van der Waals surface area contributed by atoms with Crippen LogP contribution in [0.1, 0.15) is 37.7 Å². The second-order valence-corrected chi connectivity index (χ2v) is 4.23. The van der Waals surface area contributed by atoms with Crippen molar-refractivity contribution in [3.8, 4) is 0 Å². The normalized spacial score (nSPS) is 11.9. The van der Waals surface area contributed by atoms with Gasteiger partial charge in [-0.1, -0.05) is 6.92 Å². The first kappa shape index (κ1) is 15.0. The molecule has 1 aromatic rings. The van der Waals surface area contributed by atoms with Gasteiger partial charge in [0.1, 0.15) is 6.54 Å². The van der Waals surface area contributed by atoms with Crippen molar-refractivity contribution in [3.63, 3.8) is 0 Å². The van der Waals surface area contributed by atoms with Crippen molar-refractivity contribution in [1.82, 2.24) is 15.1 Å². The first-order valence-corrected chi connectivity index (χ1v) is 6.27. The van der Waals surface area contributed by atoms with E-state index in [0.717, 1.165) is 6.42 Å². The molecule has 0 saturated heterocycles. The van der Waals surface area contributed by atoms with Crippen LogP contribution in [0.2, 0.25) is 0 Å². The Bertz CT molecular complexity index is 456. The molecule has 1 atom stereocenters. The Morgan fingerprint density at radius 1 is 1.53 bits per heavy atom. The predicted molar refractivity (Wildman–Crippen MR) is 70.5 cm³/mol. The number of hydrogen-bond acceptors (Lipinski definition) is 5. The molecule has 0 aromatic carbocycles. The fraction of sp³-hybridized carbons (Fsp3) is 0.583. The summed E-state index contributed by atoms with van der Waals surface area (Å²) in [6, 6.07) is 0.102. The maximum Gasteiger partial charge on any atom is 0.361 e. The van der Waals surface area contributed by atoms with E-state index in [9.17, 15) is 9.59 Å². The van der Waals surface area contributed by atoms with E-state index < -0.39 is 5.97 Å². The Labute approximate surface area is 112 Å². The van der Waals surface area contributed by atoms with Gasteiger partial charge in [0.2, 0.25) is 5.91 Å². The van der Waals surface area contributed by atoms with E-state index in [1.807, 2.05) is 13.8 Å². The molecule has 0 aliphatic rings. The highest BCUT2D eigenvalue weighted by Crippen LogP contribution is 2.10. The van der Waals surface area contributed by atoms with Crippen molar-refractivity contribution in [3.05, 3.63) is 11.9 Å². The average molecular weight is 268 g/mol. The molecule has 0 spiro atoms. The summed E-state index contributed by atoms with van der Waals surface area (Å²) in [6.07, 6.45) is 2.30. The Morgan fingerprint density at radius 2 is 2.21 bits per heavy atom. The number of amides is 1. The number of rotatable bonds is 6. The summed E-state index contributed by atoms with van der Waals surface area (Å²) in [6.45, 7) is 5.87. The van der Waals surface area contributed by atoms with Crippen LogP contribution in [-0.4, -0.2) is 34.3 Å². The van der Waals surface area contributed by atoms with Crippen LogP contribution in [0.4, 0.5) is 5.69 Å². The molecule has 1 unspecified atom stereocenters. The standard InChI is InChI=1S/C12H20N4O3/c1-4-8(3)14-10(17)7-16-6-9(13)11(15-16)12(18)19-5-2/h6,8H,4-5,7,13H2,1-3H3,(H,14,17). The van der Waals surface area contributed by atoms with E-state index in [-0.39, 0.29) is 36.5 Å². The molecular weight excluding hydrogens is 248 g/mol. The number of ether oxygens (including phenoxy) is 1. The maximum atomic E-state index is 11.7. The number of nitrogens with zero attached hydrogens (tertiary/aromatic N) is 2. The molecule has 0 aliphatic heterocycles. The molecular formula is C12H20N4O3. The number of nitrogens with two attached hydrogens (primary N) is 1. The van der Waals surface area contributed by atoms with Gasteiger partial charge in [0.15, 0.2) is 5.69 Å². The van der Waals surface area contributed by atoms with Gasteiger partial charge in [-0.15, -0.1) is 0 Å². The van der Waals surface area contributed by atoms with E-state index in [4.69, 9.17) is 10.5 Å². The van der Waals surface area contributed by atoms with Crippen molar-refractivity contribution >= 4 is 17.6 Å². The Hall–Kier alpha value is -2.05. The molecule has 3 N–H and O–H groups in total. The topological polar surface area (TPSA) is 99.2 Å². The van der Waals surface area contributed by atoms with Gasteiger partial charge in [-0.3, -0.25) is 9.48 Å². The van der Waals surface area contributed by atoms with E-state index >= 15 is 0 Å². The largest absolute Gasteiger partial charge is 0.461 e. The summed E-state index contributed by atoms with van der Waals surface area (Å²) in [4.78, 5) is 23.2. The van der Waals surface area contributed by atoms with Gasteiger partial charge in [0, 0.05) is 12.2 Å². The van der Waals surface area contributed by atoms with Gasteiger partial charge in [-0.2, -0.15) is 5.10 Å². The summed E-state index contributed by atoms with van der Waals surface area (Å²) < 4.78 is 6.15. The Morgan fingerprint density at radius 3 is 2.79 bits per heavy atom. The third-order valence-electron chi connectivity index (χ3n) is 2.58. The smallest absolute Gasteiger partial charge is 0.361 e. The molecule has 0 aliphatic carbocycles. The van der Waals surface area contributed by atoms with E-state index in [1.54, 1.807) is 6.92 Å². The molecule has 1 heterocycles. The highest BCUT2D eigenvalue weighted by molar-refractivity contribution is 5.92. The van der Waals surface area contributed by atoms with Crippen molar-refractivity contribution < 1.29 is 14.3 Å². The number of nitrogen functional groups attached to an aromatic ring is 1. The second kappa shape index (κ2) is 6.77. The van der Waals surface area contributed by atoms with Gasteiger partial charge in [-0.25, -0.2) is 4.79 Å². The number of carbonyl (C=O) groups excluding carboxylic acids is 2. The summed E-state index contributed by atoms with van der Waals surface area (Å²) in [7, 11) is 0. The number of carbonyl (C=O) groups is 2. The molecule has 0 bridgehead atoms. The Kier molecular flexibility index (Phi) is 5.35. The van der Waals surface area contributed by atoms with Gasteiger partial charge in [0.05, 0.1) is 12.3 Å². The minimum Gasteiger partial charge on any atom is -0.461 e. The number of nitrogens with one attached hydrogen (secondary N) is 1. The van der Waals surface area contributed by atoms with E-state index in [2.05, 4.69) is 10.4 Å². The molecule has 1 amide bonds. The molecule has 19 heavy (non-hydrogen) atoms. The molecule has 7 nitrogen and oxygen atoms in total. The zero-order valence-corrected chi connectivity index (χ0v) is 11.5. The van der Waals surface area contributed by atoms with Gasteiger partial charge < -0.3 is 15.8 Å². The van der Waals surface area contributed by atoms with Crippen molar-refractivity contribution in [2.45, 2.75) is 39.8 Å². The summed E-state index contributed by atoms with van der Waals surface area (Å²) >= 11 is 0. The van der Waals surface area contributed by atoms with Crippen LogP contribution in [0.5, 0.6) is 0 Å². The van der Waals surface area contributed by atoms with Gasteiger partial charge in [-0.05, 0) is 20.3 Å². The summed E-state index contributed by atoms with van der Waals surface area (Å²) in [5, 5.41) is 6.76. The Balaban J connectivity index is 2.68. The highest BCUT2D eigenvalue weighted by atomic mass is 16.5. The van der Waals surface area contributed by atoms with E-state index in [0.29, 0.717) is 0 Å². The molecule has 106 valence electrons. The zero-order chi connectivity index (χ0) is 14.4. The minimum absolute atomic E-state index is 0.0218. The van der Waals surface area contributed by atoms with E-state index in [1.165, 1.54) is 10.9 Å². The zero-order valence-electron chi connectivity index (χ0n) is 11.5. The lowest BCUT2D eigenvalue weighted by atomic mass is 10.2. The average Bonchev–Trinajstić information content (AvgIpc) is 2.70. The van der Waals surface area contributed by atoms with Gasteiger partial charge in [0.25, 0.3) is 0 Å². The first-order chi connectivity index (χ1) is 8.97. The fourth-order valence-corrected chi connectivity index (χ4v) is 1.45. The van der Waals surface area contributed by atoms with Crippen LogP contribution in [0.15, 0.2) is 6.20 Å². The van der Waals surface area contributed by atoms with Crippen LogP contribution in [-0.2, 0) is 16.1 Å². The fourth-order valence-electron chi connectivity index (χ4n) is 1.45. The van der Waals surface area contributed by atoms with Crippen molar-refractivity contribution in [2.24, 2.45) is 0 Å². The lowest BCUT2D eigenvalue weighted by Crippen LogP contribution is -2.34. The quantitative estimate of drug-likeness (QED) is 0.734. The van der Waals surface area contributed by atoms with Crippen molar-refractivity contribution in [2.75, 3.05) is 12.3 Å². The van der Waals surface area contributed by atoms with Crippen LogP contribution in [0, 0.1) is 0 Å². The number of hydrogen-bond donors (Lipinski definition) is 2. The van der Waals surface area contributed by atoms with Crippen LogP contribution < -0.4 is 11.1 Å². The predicted octanol–water partition coefficient (Wildman–Crippen LogP) is 0.557. The second-order valence-electron chi connectivity index (χ2n) is 4.23. The van der Waals surface area contributed by atoms with Crippen LogP contribution in [0.25, 0.3) is 0 Å². The lowest BCUT2D eigenvalue weighted by Gasteiger charge is -2.10. The first-order valence-electron chi connectivity index (χ1n) is 6.27. The van der Waals surface area contributed by atoms with Crippen molar-refractivity contribution in [1.29, 1.82) is 0 Å². The number of anilines is 1. The molecule has 0 radical (unpaired) electrons. The maximum absolute atomic E-state index is 11.7. The molecule has 7 heteroatoms. The SMILES string of the molecule is CCOC(=O)c1nn(CC(=O)NC(C)CC)cc1N. The summed E-state index contributed by atoms with van der Waals surface area (Å²) in [5.41, 5.74) is 5.90. The number of esters is 1. The molecule has 1 aromatic heterocycles. The molecule has 0 saturated carbocycles. The van der Waals surface area contributed by atoms with Crippen LogP contribution in [0.3, 0.4) is 0 Å². The third-order valence-corrected chi connectivity index (χ3v) is 2.58. The molecule has 0 fully saturated rings. The van der Waals surface area contributed by atoms with Gasteiger partial charge >= 0.3 is 5.97 Å². The van der Waals surface area contributed by atoms with Crippen LogP contribution >= 0.6 is 0 Å². The highest BCUT2D eigenvalue weighted by Gasteiger charge is 2.17. The number of aromatic nitrogens is 2. The third kappa shape index (κ3) is 4.27. The lowest BCUT2D eigenvalue weighted by molar-refractivity contribution is -0.122. The molecule has 1 rings (SSSR count). The minimum atomic E-state index is -0.582.